The molecule has 3 atom stereocenters. The molecule has 2 saturated heterocycles. The molecule has 3 aliphatic rings. The minimum atomic E-state index is -2.09. The number of imide groups is 1. The average Bonchev–Trinajstić information content (AvgIpc) is 3.40. The molecular weight excluding hydrogens is 454 g/mol. The first-order valence-electron chi connectivity index (χ1n) is 10.9. The smallest absolute Gasteiger partial charge is 0.241 e. The lowest BCUT2D eigenvalue weighted by Gasteiger charge is -2.27. The second-order valence-corrected chi connectivity index (χ2v) is 9.21. The monoisotopic (exact) mass is 471 g/mol. The van der Waals surface area contributed by atoms with Crippen LogP contribution < -0.4 is 4.90 Å². The summed E-state index contributed by atoms with van der Waals surface area (Å²) in [5, 5.41) is 0.221. The number of ether oxygens (including phenoxy) is 1. The van der Waals surface area contributed by atoms with Crippen molar-refractivity contribution in [1.82, 2.24) is 0 Å². The number of benzene rings is 3. The van der Waals surface area contributed by atoms with Gasteiger partial charge in [0.1, 0.15) is 0 Å². The number of carbonyl (C=O) groups is 4. The van der Waals surface area contributed by atoms with E-state index in [1.54, 1.807) is 60.7 Å². The SMILES string of the molecule is Cc1ccccc1[C@H]1OC2(C(=O)c3ccccc3C2=O)[C@H]2C(=O)N(c3ccccc3Cl)C(=O)[C@@H]12. The summed E-state index contributed by atoms with van der Waals surface area (Å²) in [6.45, 7) is 1.86. The molecule has 34 heavy (non-hydrogen) atoms. The van der Waals surface area contributed by atoms with Crippen LogP contribution in [0.4, 0.5) is 5.69 Å². The molecule has 2 aliphatic heterocycles. The van der Waals surface area contributed by atoms with Crippen molar-refractivity contribution in [3.8, 4) is 0 Å². The Morgan fingerprint density at radius 2 is 1.38 bits per heavy atom. The first-order valence-corrected chi connectivity index (χ1v) is 11.3. The molecule has 0 N–H and O–H groups in total. The number of Topliss-reactive ketones (excluding diaryl/α,β-unsaturated/α-hetero) is 2. The van der Waals surface area contributed by atoms with Gasteiger partial charge in [0.25, 0.3) is 0 Å². The average molecular weight is 472 g/mol. The summed E-state index contributed by atoms with van der Waals surface area (Å²) in [7, 11) is 0. The highest BCUT2D eigenvalue weighted by atomic mass is 35.5. The Labute approximate surface area is 200 Å². The van der Waals surface area contributed by atoms with Crippen LogP contribution in [0.5, 0.6) is 0 Å². The molecule has 3 aromatic carbocycles. The van der Waals surface area contributed by atoms with Gasteiger partial charge in [-0.2, -0.15) is 0 Å². The zero-order valence-corrected chi connectivity index (χ0v) is 18.8. The minimum Gasteiger partial charge on any atom is -0.349 e. The number of rotatable bonds is 2. The predicted molar refractivity (Wildman–Crippen MR) is 124 cm³/mol. The van der Waals surface area contributed by atoms with E-state index in [1.165, 1.54) is 0 Å². The van der Waals surface area contributed by atoms with Gasteiger partial charge in [-0.25, -0.2) is 4.90 Å². The molecule has 2 heterocycles. The number of carbonyl (C=O) groups excluding carboxylic acids is 4. The van der Waals surface area contributed by atoms with Crippen molar-refractivity contribution in [2.24, 2.45) is 11.8 Å². The number of halogens is 1. The lowest BCUT2D eigenvalue weighted by Crippen LogP contribution is -2.51. The normalized spacial score (nSPS) is 24.8. The Balaban J connectivity index is 1.58. The maximum atomic E-state index is 13.9. The number of fused-ring (bicyclic) bond motifs is 3. The number of hydrogen-bond donors (Lipinski definition) is 0. The third-order valence-electron chi connectivity index (χ3n) is 7.11. The number of hydrogen-bond acceptors (Lipinski definition) is 5. The van der Waals surface area contributed by atoms with Crippen LogP contribution in [0, 0.1) is 18.8 Å². The summed E-state index contributed by atoms with van der Waals surface area (Å²) in [6, 6.07) is 20.2. The molecule has 0 aromatic heterocycles. The summed E-state index contributed by atoms with van der Waals surface area (Å²) in [4.78, 5) is 56.2. The quantitative estimate of drug-likeness (QED) is 0.410. The van der Waals surface area contributed by atoms with Gasteiger partial charge in [0.05, 0.1) is 28.6 Å². The van der Waals surface area contributed by atoms with Gasteiger partial charge in [-0.3, -0.25) is 19.2 Å². The fourth-order valence-corrected chi connectivity index (χ4v) is 5.80. The van der Waals surface area contributed by atoms with Crippen LogP contribution >= 0.6 is 11.6 Å². The van der Waals surface area contributed by atoms with Gasteiger partial charge in [-0.05, 0) is 30.2 Å². The highest BCUT2D eigenvalue weighted by molar-refractivity contribution is 6.39. The highest BCUT2D eigenvalue weighted by Gasteiger charge is 2.74. The van der Waals surface area contributed by atoms with Gasteiger partial charge in [-0.15, -0.1) is 0 Å². The van der Waals surface area contributed by atoms with Crippen molar-refractivity contribution in [1.29, 1.82) is 0 Å². The fourth-order valence-electron chi connectivity index (χ4n) is 5.58. The molecule has 6 rings (SSSR count). The molecule has 0 radical (unpaired) electrons. The highest BCUT2D eigenvalue weighted by Crippen LogP contribution is 2.58. The van der Waals surface area contributed by atoms with Crippen molar-refractivity contribution < 1.29 is 23.9 Å². The first-order chi connectivity index (χ1) is 16.4. The molecule has 2 amide bonds. The number of aryl methyl sites for hydroxylation is 1. The number of amides is 2. The van der Waals surface area contributed by atoms with Gasteiger partial charge >= 0.3 is 0 Å². The molecule has 0 saturated carbocycles. The summed E-state index contributed by atoms with van der Waals surface area (Å²) in [5.74, 6) is -4.71. The Morgan fingerprint density at radius 3 is 2.03 bits per heavy atom. The van der Waals surface area contributed by atoms with Gasteiger partial charge in [-0.1, -0.05) is 72.3 Å². The van der Waals surface area contributed by atoms with Crippen LogP contribution in [-0.4, -0.2) is 29.0 Å². The number of ketones is 2. The van der Waals surface area contributed by atoms with Crippen LogP contribution in [0.1, 0.15) is 37.9 Å². The summed E-state index contributed by atoms with van der Waals surface area (Å²) >= 11 is 6.34. The van der Waals surface area contributed by atoms with E-state index >= 15 is 0 Å². The summed E-state index contributed by atoms with van der Waals surface area (Å²) in [5.41, 5.74) is 0.0245. The molecule has 6 nitrogen and oxygen atoms in total. The largest absolute Gasteiger partial charge is 0.349 e. The molecule has 0 bridgehead atoms. The Kier molecular flexibility index (Phi) is 4.43. The predicted octanol–water partition coefficient (Wildman–Crippen LogP) is 4.34. The third-order valence-corrected chi connectivity index (χ3v) is 7.43. The van der Waals surface area contributed by atoms with Gasteiger partial charge < -0.3 is 4.74 Å². The van der Waals surface area contributed by atoms with E-state index < -0.39 is 46.9 Å². The second kappa shape index (κ2) is 7.19. The Hall–Kier alpha value is -3.61. The van der Waals surface area contributed by atoms with E-state index in [1.807, 2.05) is 19.1 Å². The molecule has 168 valence electrons. The molecule has 0 unspecified atom stereocenters. The minimum absolute atomic E-state index is 0.202. The standard InChI is InChI=1S/C27H18ClNO5/c1-14-8-2-3-9-15(14)22-20-21(26(33)29(25(20)32)19-13-7-6-12-18(19)28)27(34-22)23(30)16-10-4-5-11-17(16)24(27)31/h2-13,20-22H,1H3/t20-,21-,22-/m1/s1. The Bertz CT molecular complexity index is 1390. The van der Waals surface area contributed by atoms with E-state index in [0.29, 0.717) is 5.56 Å². The van der Waals surface area contributed by atoms with Crippen LogP contribution in [0.25, 0.3) is 0 Å². The van der Waals surface area contributed by atoms with E-state index in [2.05, 4.69) is 0 Å². The second-order valence-electron chi connectivity index (χ2n) is 8.80. The van der Waals surface area contributed by atoms with E-state index in [9.17, 15) is 19.2 Å². The lowest BCUT2D eigenvalue weighted by molar-refractivity contribution is -0.127. The van der Waals surface area contributed by atoms with Gasteiger partial charge in [0, 0.05) is 11.1 Å². The zero-order chi connectivity index (χ0) is 23.8. The maximum Gasteiger partial charge on any atom is 0.241 e. The summed E-state index contributed by atoms with van der Waals surface area (Å²) in [6.07, 6.45) is -0.947. The maximum absolute atomic E-state index is 13.9. The van der Waals surface area contributed by atoms with Gasteiger partial charge in [0.15, 0.2) is 0 Å². The molecule has 2 fully saturated rings. The summed E-state index contributed by atoms with van der Waals surface area (Å²) < 4.78 is 6.31. The third kappa shape index (κ3) is 2.50. The van der Waals surface area contributed by atoms with Crippen molar-refractivity contribution in [3.05, 3.63) is 100 Å². The van der Waals surface area contributed by atoms with Crippen LogP contribution in [0.2, 0.25) is 5.02 Å². The van der Waals surface area contributed by atoms with E-state index in [4.69, 9.17) is 16.3 Å². The van der Waals surface area contributed by atoms with E-state index in [0.717, 1.165) is 10.5 Å². The van der Waals surface area contributed by atoms with Crippen LogP contribution in [0.3, 0.4) is 0 Å². The molecule has 3 aromatic rings. The van der Waals surface area contributed by atoms with E-state index in [-0.39, 0.29) is 21.8 Å². The first kappa shape index (κ1) is 21.0. The van der Waals surface area contributed by atoms with Crippen molar-refractivity contribution in [2.75, 3.05) is 4.90 Å². The van der Waals surface area contributed by atoms with Gasteiger partial charge in [0.2, 0.25) is 29.0 Å². The topological polar surface area (TPSA) is 80.8 Å². The number of anilines is 1. The molecule has 1 spiro atoms. The lowest BCUT2D eigenvalue weighted by atomic mass is 9.77. The van der Waals surface area contributed by atoms with Crippen LogP contribution in [0.15, 0.2) is 72.8 Å². The van der Waals surface area contributed by atoms with Crippen molar-refractivity contribution in [2.45, 2.75) is 18.6 Å². The van der Waals surface area contributed by atoms with Crippen molar-refractivity contribution in [3.63, 3.8) is 0 Å². The number of nitrogens with zero attached hydrogens (tertiary/aromatic N) is 1. The molecule has 7 heteroatoms. The fraction of sp³-hybridized carbons (Fsp3) is 0.185. The Morgan fingerprint density at radius 1 is 0.794 bits per heavy atom. The molecule has 1 aliphatic carbocycles. The number of para-hydroxylation sites is 1. The zero-order valence-electron chi connectivity index (χ0n) is 18.0. The van der Waals surface area contributed by atoms with Crippen LogP contribution in [-0.2, 0) is 14.3 Å². The van der Waals surface area contributed by atoms with Crippen molar-refractivity contribution >= 4 is 40.7 Å². The molecular formula is C27H18ClNO5.